The molecule has 0 spiro atoms. The standard InChI is InChI=1S/C17H25N7O2/c1-23-10-4-14(22-23)21-17(15(25)18-9-13-26-2)5-11-24(12-6-17)16-19-7-3-8-20-16/h3-4,7-8,10H,5-6,9,11-13H2,1-2H3,(H,18,25)(H,21,22). The van der Waals surface area contributed by atoms with Crippen molar-refractivity contribution >= 4 is 17.7 Å². The Morgan fingerprint density at radius 3 is 2.65 bits per heavy atom. The fourth-order valence-corrected chi connectivity index (χ4v) is 3.11. The van der Waals surface area contributed by atoms with E-state index in [1.807, 2.05) is 19.3 Å². The summed E-state index contributed by atoms with van der Waals surface area (Å²) < 4.78 is 6.75. The molecule has 2 N–H and O–H groups in total. The van der Waals surface area contributed by atoms with Gasteiger partial charge in [0.1, 0.15) is 11.4 Å². The molecule has 1 fully saturated rings. The van der Waals surface area contributed by atoms with E-state index in [1.54, 1.807) is 30.3 Å². The molecule has 9 heteroatoms. The minimum Gasteiger partial charge on any atom is -0.383 e. The SMILES string of the molecule is COCCNC(=O)C1(Nc2ccn(C)n2)CCN(c2ncccn2)CC1. The topological polar surface area (TPSA) is 97.2 Å². The van der Waals surface area contributed by atoms with Gasteiger partial charge in [0.2, 0.25) is 11.9 Å². The number of hydrogen-bond acceptors (Lipinski definition) is 7. The molecule has 3 heterocycles. The lowest BCUT2D eigenvalue weighted by molar-refractivity contribution is -0.126. The number of ether oxygens (including phenoxy) is 1. The fraction of sp³-hybridized carbons (Fsp3) is 0.529. The lowest BCUT2D eigenvalue weighted by Crippen LogP contribution is -2.59. The number of aromatic nitrogens is 4. The van der Waals surface area contributed by atoms with E-state index in [9.17, 15) is 4.79 Å². The normalized spacial score (nSPS) is 16.3. The first-order chi connectivity index (χ1) is 12.6. The second-order valence-electron chi connectivity index (χ2n) is 6.37. The van der Waals surface area contributed by atoms with Gasteiger partial charge in [-0.25, -0.2) is 9.97 Å². The lowest BCUT2D eigenvalue weighted by atomic mass is 9.86. The van der Waals surface area contributed by atoms with Gasteiger partial charge in [0.05, 0.1) is 6.61 Å². The molecule has 0 atom stereocenters. The van der Waals surface area contributed by atoms with E-state index >= 15 is 0 Å². The molecule has 26 heavy (non-hydrogen) atoms. The maximum Gasteiger partial charge on any atom is 0.245 e. The molecule has 0 unspecified atom stereocenters. The number of aryl methyl sites for hydroxylation is 1. The maximum absolute atomic E-state index is 12.9. The Kier molecular flexibility index (Phi) is 5.67. The highest BCUT2D eigenvalue weighted by Gasteiger charge is 2.42. The molecule has 0 bridgehead atoms. The summed E-state index contributed by atoms with van der Waals surface area (Å²) in [6.45, 7) is 2.32. The first kappa shape index (κ1) is 18.1. The number of amides is 1. The van der Waals surface area contributed by atoms with Crippen LogP contribution in [0, 0.1) is 0 Å². The van der Waals surface area contributed by atoms with Crippen LogP contribution in [0.3, 0.4) is 0 Å². The van der Waals surface area contributed by atoms with Crippen LogP contribution < -0.4 is 15.5 Å². The van der Waals surface area contributed by atoms with Gasteiger partial charge >= 0.3 is 0 Å². The summed E-state index contributed by atoms with van der Waals surface area (Å²) in [5, 5.41) is 10.7. The second-order valence-corrected chi connectivity index (χ2v) is 6.37. The van der Waals surface area contributed by atoms with Crippen molar-refractivity contribution in [2.75, 3.05) is 43.6 Å². The third-order valence-electron chi connectivity index (χ3n) is 4.56. The predicted octanol–water partition coefficient (Wildman–Crippen LogP) is 0.424. The molecule has 9 nitrogen and oxygen atoms in total. The van der Waals surface area contributed by atoms with Gasteiger partial charge in [-0.1, -0.05) is 0 Å². The van der Waals surface area contributed by atoms with Crippen molar-refractivity contribution in [3.63, 3.8) is 0 Å². The second kappa shape index (κ2) is 8.13. The molecule has 0 radical (unpaired) electrons. The van der Waals surface area contributed by atoms with Crippen LogP contribution in [0.4, 0.5) is 11.8 Å². The van der Waals surface area contributed by atoms with Crippen molar-refractivity contribution in [2.24, 2.45) is 7.05 Å². The quantitative estimate of drug-likeness (QED) is 0.692. The number of methoxy groups -OCH3 is 1. The molecule has 2 aromatic heterocycles. The molecule has 140 valence electrons. The third kappa shape index (κ3) is 4.10. The van der Waals surface area contributed by atoms with Crippen LogP contribution in [0.1, 0.15) is 12.8 Å². The highest BCUT2D eigenvalue weighted by atomic mass is 16.5. The van der Waals surface area contributed by atoms with E-state index in [0.29, 0.717) is 50.8 Å². The van der Waals surface area contributed by atoms with E-state index in [-0.39, 0.29) is 5.91 Å². The first-order valence-corrected chi connectivity index (χ1v) is 8.70. The van der Waals surface area contributed by atoms with Crippen LogP contribution in [-0.2, 0) is 16.6 Å². The number of piperidine rings is 1. The summed E-state index contributed by atoms with van der Waals surface area (Å²) in [5.74, 6) is 1.35. The summed E-state index contributed by atoms with van der Waals surface area (Å²) in [6.07, 6.45) is 6.56. The van der Waals surface area contributed by atoms with Crippen molar-refractivity contribution in [2.45, 2.75) is 18.4 Å². The van der Waals surface area contributed by atoms with Crippen molar-refractivity contribution in [1.82, 2.24) is 25.1 Å². The van der Waals surface area contributed by atoms with Crippen LogP contribution in [0.25, 0.3) is 0 Å². The highest BCUT2D eigenvalue weighted by Crippen LogP contribution is 2.28. The number of nitrogens with one attached hydrogen (secondary N) is 2. The zero-order valence-electron chi connectivity index (χ0n) is 15.2. The number of hydrogen-bond donors (Lipinski definition) is 2. The van der Waals surface area contributed by atoms with Crippen LogP contribution >= 0.6 is 0 Å². The Hall–Kier alpha value is -2.68. The molecule has 3 rings (SSSR count). The maximum atomic E-state index is 12.9. The van der Waals surface area contributed by atoms with Crippen LogP contribution in [-0.4, -0.2) is 64.5 Å². The van der Waals surface area contributed by atoms with Crippen molar-refractivity contribution in [3.05, 3.63) is 30.7 Å². The zero-order valence-corrected chi connectivity index (χ0v) is 15.2. The number of anilines is 2. The number of nitrogens with zero attached hydrogens (tertiary/aromatic N) is 5. The van der Waals surface area contributed by atoms with Crippen molar-refractivity contribution in [3.8, 4) is 0 Å². The summed E-state index contributed by atoms with van der Waals surface area (Å²) in [4.78, 5) is 23.6. The van der Waals surface area contributed by atoms with E-state index in [4.69, 9.17) is 4.74 Å². The summed E-state index contributed by atoms with van der Waals surface area (Å²) in [6, 6.07) is 3.67. The molecule has 0 aliphatic carbocycles. The Morgan fingerprint density at radius 2 is 2.04 bits per heavy atom. The molecule has 0 saturated carbocycles. The van der Waals surface area contributed by atoms with Gasteiger partial charge < -0.3 is 20.3 Å². The first-order valence-electron chi connectivity index (χ1n) is 8.70. The highest BCUT2D eigenvalue weighted by molar-refractivity contribution is 5.89. The van der Waals surface area contributed by atoms with Crippen LogP contribution in [0.15, 0.2) is 30.7 Å². The Bertz CT molecular complexity index is 711. The number of carbonyl (C=O) groups excluding carboxylic acids is 1. The van der Waals surface area contributed by atoms with Crippen molar-refractivity contribution in [1.29, 1.82) is 0 Å². The van der Waals surface area contributed by atoms with E-state index in [1.165, 1.54) is 0 Å². The Morgan fingerprint density at radius 1 is 1.31 bits per heavy atom. The van der Waals surface area contributed by atoms with Crippen LogP contribution in [0.2, 0.25) is 0 Å². The third-order valence-corrected chi connectivity index (χ3v) is 4.56. The van der Waals surface area contributed by atoms with E-state index < -0.39 is 5.54 Å². The minimum atomic E-state index is -0.715. The van der Waals surface area contributed by atoms with Crippen molar-refractivity contribution < 1.29 is 9.53 Å². The summed E-state index contributed by atoms with van der Waals surface area (Å²) in [7, 11) is 3.47. The molecule has 1 amide bonds. The fourth-order valence-electron chi connectivity index (χ4n) is 3.11. The van der Waals surface area contributed by atoms with Gasteiger partial charge in [-0.15, -0.1) is 0 Å². The Balaban J connectivity index is 1.73. The van der Waals surface area contributed by atoms with Gasteiger partial charge in [-0.2, -0.15) is 5.10 Å². The molecule has 0 aromatic carbocycles. The molecule has 1 aliphatic rings. The van der Waals surface area contributed by atoms with Gasteiger partial charge in [-0.3, -0.25) is 9.48 Å². The summed E-state index contributed by atoms with van der Waals surface area (Å²) in [5.41, 5.74) is -0.715. The molecule has 2 aromatic rings. The number of carbonyl (C=O) groups is 1. The van der Waals surface area contributed by atoms with Gasteiger partial charge in [0.25, 0.3) is 0 Å². The van der Waals surface area contributed by atoms with E-state index in [2.05, 4.69) is 30.6 Å². The Labute approximate surface area is 152 Å². The minimum absolute atomic E-state index is 0.0335. The zero-order chi connectivity index (χ0) is 18.4. The molecule has 1 saturated heterocycles. The smallest absolute Gasteiger partial charge is 0.245 e. The lowest BCUT2D eigenvalue weighted by Gasteiger charge is -2.41. The van der Waals surface area contributed by atoms with E-state index in [0.717, 1.165) is 0 Å². The molecular formula is C17H25N7O2. The van der Waals surface area contributed by atoms with Crippen LogP contribution in [0.5, 0.6) is 0 Å². The largest absolute Gasteiger partial charge is 0.383 e. The van der Waals surface area contributed by atoms with Gasteiger partial charge in [0, 0.05) is 58.4 Å². The van der Waals surface area contributed by atoms with Gasteiger partial charge in [-0.05, 0) is 18.9 Å². The average molecular weight is 359 g/mol. The predicted molar refractivity (Wildman–Crippen MR) is 97.9 cm³/mol. The number of rotatable bonds is 7. The van der Waals surface area contributed by atoms with Gasteiger partial charge in [0.15, 0.2) is 0 Å². The molecule has 1 aliphatic heterocycles. The monoisotopic (exact) mass is 359 g/mol. The summed E-state index contributed by atoms with van der Waals surface area (Å²) >= 11 is 0. The average Bonchev–Trinajstić information content (AvgIpc) is 3.07. The molecular weight excluding hydrogens is 334 g/mol.